The number of rotatable bonds is 32. The molecule has 0 aromatic rings. The lowest BCUT2D eigenvalue weighted by Gasteiger charge is -2.05. The van der Waals surface area contributed by atoms with Crippen molar-refractivity contribution in [3.8, 4) is 0 Å². The molecule has 0 amide bonds. The van der Waals surface area contributed by atoms with Crippen molar-refractivity contribution in [2.45, 2.75) is 219 Å². The Balaban J connectivity index is -0.00000760. The van der Waals surface area contributed by atoms with E-state index in [1.807, 2.05) is 0 Å². The van der Waals surface area contributed by atoms with E-state index in [2.05, 4.69) is 13.8 Å². The predicted molar refractivity (Wildman–Crippen MR) is 179 cm³/mol. The Morgan fingerprint density at radius 1 is 0.310 bits per heavy atom. The zero-order valence-electron chi connectivity index (χ0n) is 28.3. The summed E-state index contributed by atoms with van der Waals surface area (Å²) in [5.74, 6) is -0.834. The molecule has 0 aromatic carbocycles. The first-order valence-electron chi connectivity index (χ1n) is 18.1. The summed E-state index contributed by atoms with van der Waals surface area (Å²) in [6.07, 6.45) is 39.6. The highest BCUT2D eigenvalue weighted by molar-refractivity contribution is 5.72. The quantitative estimate of drug-likeness (QED) is 0.0432. The predicted octanol–water partition coefficient (Wildman–Crippen LogP) is 10.9. The maximum absolute atomic E-state index is 11.8. The molecule has 0 unspecified atom stereocenters. The van der Waals surface area contributed by atoms with Gasteiger partial charge in [0.1, 0.15) is 0 Å². The molecule has 0 spiro atoms. The van der Waals surface area contributed by atoms with Gasteiger partial charge in [-0.05, 0) is 12.8 Å². The lowest BCUT2D eigenvalue weighted by Crippen LogP contribution is -2.11. The molecule has 6 heteroatoms. The van der Waals surface area contributed by atoms with Crippen LogP contribution in [0.2, 0.25) is 0 Å². The molecular weight excluding hydrogens is 528 g/mol. The minimum atomic E-state index is -0.417. The summed E-state index contributed by atoms with van der Waals surface area (Å²) < 4.78 is 0. The van der Waals surface area contributed by atoms with Crippen molar-refractivity contribution in [3.05, 3.63) is 0 Å². The van der Waals surface area contributed by atoms with Crippen LogP contribution in [0.4, 0.5) is 0 Å². The van der Waals surface area contributed by atoms with Gasteiger partial charge in [-0.2, -0.15) is 0 Å². The summed E-state index contributed by atoms with van der Waals surface area (Å²) in [7, 11) is 0. The number of hydrogen-bond acceptors (Lipinski definition) is 4. The molecule has 0 aliphatic heterocycles. The van der Waals surface area contributed by atoms with Crippen LogP contribution < -0.4 is 0 Å². The second kappa shape index (κ2) is 39.9. The fraction of sp³-hybridized carbons (Fsp3) is 0.944. The van der Waals surface area contributed by atoms with Gasteiger partial charge < -0.3 is 11.0 Å². The van der Waals surface area contributed by atoms with E-state index in [1.165, 1.54) is 167 Å². The largest absolute Gasteiger partial charge is 0.412 e. The normalized spacial score (nSPS) is 10.6. The standard InChI is InChI=1S/C36H70O4.2H2O/c1-3-5-7-9-11-13-15-17-19-21-23-25-27-29-31-33-35(37)39-40-36(38)34-32-30-28-26-24-22-20-18-16-14-12-10-8-6-4-2;;/h3-34H2,1-2H3;2*1H2. The van der Waals surface area contributed by atoms with Crippen molar-refractivity contribution in [2.75, 3.05) is 0 Å². The molecule has 6 nitrogen and oxygen atoms in total. The molecular formula is C36H74O6. The summed E-state index contributed by atoms with van der Waals surface area (Å²) in [4.78, 5) is 33.0. The van der Waals surface area contributed by atoms with Crippen LogP contribution in [-0.2, 0) is 19.4 Å². The number of hydrogen-bond donors (Lipinski definition) is 0. The zero-order chi connectivity index (χ0) is 29.2. The van der Waals surface area contributed by atoms with E-state index in [-0.39, 0.29) is 11.0 Å². The van der Waals surface area contributed by atoms with Crippen LogP contribution in [0.1, 0.15) is 219 Å². The van der Waals surface area contributed by atoms with Gasteiger partial charge in [0.25, 0.3) is 0 Å². The van der Waals surface area contributed by atoms with Crippen LogP contribution in [0.15, 0.2) is 0 Å². The fourth-order valence-electron chi connectivity index (χ4n) is 5.46. The minimum Gasteiger partial charge on any atom is -0.412 e. The minimum absolute atomic E-state index is 0. The van der Waals surface area contributed by atoms with Gasteiger partial charge in [-0.3, -0.25) is 0 Å². The summed E-state index contributed by atoms with van der Waals surface area (Å²) in [6, 6.07) is 0. The van der Waals surface area contributed by atoms with E-state index in [4.69, 9.17) is 9.78 Å². The molecule has 0 bridgehead atoms. The van der Waals surface area contributed by atoms with Crippen LogP contribution >= 0.6 is 0 Å². The summed E-state index contributed by atoms with van der Waals surface area (Å²) in [5.41, 5.74) is 0. The van der Waals surface area contributed by atoms with E-state index in [1.54, 1.807) is 0 Å². The van der Waals surface area contributed by atoms with E-state index in [9.17, 15) is 9.59 Å². The van der Waals surface area contributed by atoms with Crippen LogP contribution in [-0.4, -0.2) is 22.9 Å². The van der Waals surface area contributed by atoms with Crippen LogP contribution in [0.5, 0.6) is 0 Å². The van der Waals surface area contributed by atoms with Gasteiger partial charge >= 0.3 is 11.9 Å². The van der Waals surface area contributed by atoms with Gasteiger partial charge in [0.05, 0.1) is 12.8 Å². The molecule has 0 fully saturated rings. The molecule has 0 aliphatic carbocycles. The number of unbranched alkanes of at least 4 members (excludes halogenated alkanes) is 28. The highest BCUT2D eigenvalue weighted by atomic mass is 17.2. The maximum Gasteiger partial charge on any atom is 0.355 e. The smallest absolute Gasteiger partial charge is 0.355 e. The molecule has 0 heterocycles. The Hall–Kier alpha value is -1.14. The average Bonchev–Trinajstić information content (AvgIpc) is 2.96. The van der Waals surface area contributed by atoms with Crippen molar-refractivity contribution in [3.63, 3.8) is 0 Å². The molecule has 0 saturated carbocycles. The van der Waals surface area contributed by atoms with Gasteiger partial charge in [0, 0.05) is 0 Å². The summed E-state index contributed by atoms with van der Waals surface area (Å²) in [6.45, 7) is 4.55. The molecule has 0 radical (unpaired) electrons. The highest BCUT2D eigenvalue weighted by Gasteiger charge is 2.09. The second-order valence-corrected chi connectivity index (χ2v) is 12.3. The molecule has 0 rings (SSSR count). The molecule has 0 aromatic heterocycles. The van der Waals surface area contributed by atoms with Crippen molar-refractivity contribution >= 4 is 11.9 Å². The third-order valence-electron chi connectivity index (χ3n) is 8.20. The molecule has 0 atom stereocenters. The first kappa shape index (κ1) is 45.3. The SMILES string of the molecule is CCCCCCCCCCCCCCCCCC(=O)OOC(=O)CCCCCCCCCCCCCCCCC.O.O. The molecule has 4 N–H and O–H groups in total. The zero-order valence-corrected chi connectivity index (χ0v) is 28.3. The summed E-state index contributed by atoms with van der Waals surface area (Å²) >= 11 is 0. The van der Waals surface area contributed by atoms with Gasteiger partial charge in [-0.25, -0.2) is 19.4 Å². The van der Waals surface area contributed by atoms with Crippen LogP contribution in [0, 0.1) is 0 Å². The molecule has 0 aliphatic rings. The summed E-state index contributed by atoms with van der Waals surface area (Å²) in [5, 5.41) is 0. The number of carbonyl (C=O) groups excluding carboxylic acids is 2. The third kappa shape index (κ3) is 38.9. The van der Waals surface area contributed by atoms with Crippen LogP contribution in [0.3, 0.4) is 0 Å². The first-order chi connectivity index (χ1) is 19.7. The highest BCUT2D eigenvalue weighted by Crippen LogP contribution is 2.15. The fourth-order valence-corrected chi connectivity index (χ4v) is 5.46. The lowest BCUT2D eigenvalue weighted by molar-refractivity contribution is -0.259. The molecule has 254 valence electrons. The van der Waals surface area contributed by atoms with Crippen LogP contribution in [0.25, 0.3) is 0 Å². The Morgan fingerprint density at radius 3 is 0.667 bits per heavy atom. The second-order valence-electron chi connectivity index (χ2n) is 12.3. The Bertz CT molecular complexity index is 479. The van der Waals surface area contributed by atoms with E-state index >= 15 is 0 Å². The lowest BCUT2D eigenvalue weighted by atomic mass is 10.0. The van der Waals surface area contributed by atoms with Crippen molar-refractivity contribution in [1.29, 1.82) is 0 Å². The van der Waals surface area contributed by atoms with E-state index < -0.39 is 11.9 Å². The molecule has 0 saturated heterocycles. The Morgan fingerprint density at radius 2 is 0.476 bits per heavy atom. The Kier molecular flexibility index (Phi) is 43.0. The first-order valence-corrected chi connectivity index (χ1v) is 18.1. The van der Waals surface area contributed by atoms with E-state index in [0.29, 0.717) is 12.8 Å². The monoisotopic (exact) mass is 603 g/mol. The van der Waals surface area contributed by atoms with Crippen molar-refractivity contribution < 1.29 is 30.3 Å². The average molecular weight is 603 g/mol. The third-order valence-corrected chi connectivity index (χ3v) is 8.20. The van der Waals surface area contributed by atoms with Gasteiger partial charge in [-0.1, -0.05) is 194 Å². The molecule has 42 heavy (non-hydrogen) atoms. The van der Waals surface area contributed by atoms with Crippen molar-refractivity contribution in [2.24, 2.45) is 0 Å². The number of carbonyl (C=O) groups is 2. The van der Waals surface area contributed by atoms with Gasteiger partial charge in [0.15, 0.2) is 0 Å². The van der Waals surface area contributed by atoms with Gasteiger partial charge in [0.2, 0.25) is 0 Å². The maximum atomic E-state index is 11.8. The van der Waals surface area contributed by atoms with Gasteiger partial charge in [-0.15, -0.1) is 0 Å². The van der Waals surface area contributed by atoms with Crippen molar-refractivity contribution in [1.82, 2.24) is 0 Å². The topological polar surface area (TPSA) is 116 Å². The Labute approximate surface area is 261 Å². The van der Waals surface area contributed by atoms with E-state index in [0.717, 1.165) is 25.7 Å².